The number of hydrogen-bond donors (Lipinski definition) is 2. The minimum atomic E-state index is -0.240. The fourth-order valence-corrected chi connectivity index (χ4v) is 3.62. The maximum Gasteiger partial charge on any atom is 0.157 e. The van der Waals surface area contributed by atoms with Gasteiger partial charge < -0.3 is 15.5 Å². The number of nitrogens with zero attached hydrogens (tertiary/aromatic N) is 4. The van der Waals surface area contributed by atoms with Gasteiger partial charge in [-0.2, -0.15) is 5.10 Å². The van der Waals surface area contributed by atoms with Gasteiger partial charge in [0.1, 0.15) is 11.6 Å². The highest BCUT2D eigenvalue weighted by Gasteiger charge is 2.18. The highest BCUT2D eigenvalue weighted by atomic mass is 19.1. The molecule has 28 heavy (non-hydrogen) atoms. The van der Waals surface area contributed by atoms with E-state index < -0.39 is 0 Å². The Morgan fingerprint density at radius 2 is 1.93 bits per heavy atom. The lowest BCUT2D eigenvalue weighted by atomic mass is 10.0. The maximum atomic E-state index is 14.5. The van der Waals surface area contributed by atoms with Crippen LogP contribution < -0.4 is 15.5 Å². The van der Waals surface area contributed by atoms with Crippen LogP contribution in [-0.4, -0.2) is 41.4 Å². The molecule has 6 nitrogen and oxygen atoms in total. The van der Waals surface area contributed by atoms with Gasteiger partial charge in [0, 0.05) is 48.7 Å². The van der Waals surface area contributed by atoms with Gasteiger partial charge in [-0.3, -0.25) is 0 Å². The first-order valence-corrected chi connectivity index (χ1v) is 9.65. The Labute approximate surface area is 164 Å². The van der Waals surface area contributed by atoms with E-state index in [1.54, 1.807) is 19.1 Å². The van der Waals surface area contributed by atoms with Gasteiger partial charge in [0.25, 0.3) is 0 Å². The van der Waals surface area contributed by atoms with Crippen molar-refractivity contribution in [1.29, 1.82) is 0 Å². The highest BCUT2D eigenvalue weighted by molar-refractivity contribution is 5.94. The Morgan fingerprint density at radius 3 is 2.71 bits per heavy atom. The maximum absolute atomic E-state index is 14.5. The van der Waals surface area contributed by atoms with Crippen molar-refractivity contribution in [2.45, 2.75) is 26.8 Å². The van der Waals surface area contributed by atoms with Crippen LogP contribution in [0.25, 0.3) is 10.8 Å². The summed E-state index contributed by atoms with van der Waals surface area (Å²) in [5, 5.41) is 17.3. The molecule has 0 spiro atoms. The summed E-state index contributed by atoms with van der Waals surface area (Å²) >= 11 is 0. The Bertz CT molecular complexity index is 1000. The number of benzene rings is 1. The zero-order valence-corrected chi connectivity index (χ0v) is 16.5. The van der Waals surface area contributed by atoms with Crippen LogP contribution in [0.2, 0.25) is 0 Å². The van der Waals surface area contributed by atoms with Crippen LogP contribution in [-0.2, 0) is 0 Å². The summed E-state index contributed by atoms with van der Waals surface area (Å²) in [5.74, 6) is 1.39. The summed E-state index contributed by atoms with van der Waals surface area (Å²) in [6.07, 6.45) is 1.86. The average Bonchev–Trinajstić information content (AvgIpc) is 2.72. The molecule has 0 unspecified atom stereocenters. The van der Waals surface area contributed by atoms with Crippen LogP contribution in [0.5, 0.6) is 0 Å². The molecule has 0 saturated carbocycles. The lowest BCUT2D eigenvalue weighted by Crippen LogP contribution is -2.43. The number of rotatable bonds is 4. The summed E-state index contributed by atoms with van der Waals surface area (Å²) < 4.78 is 14.5. The average molecular weight is 380 g/mol. The molecule has 146 valence electrons. The van der Waals surface area contributed by atoms with Crippen molar-refractivity contribution in [3.05, 3.63) is 53.1 Å². The molecule has 1 atom stereocenters. The van der Waals surface area contributed by atoms with E-state index in [-0.39, 0.29) is 11.9 Å². The standard InChI is InChI=1S/C21H25FN6/c1-13-5-4-6-16(20(13)22)14(2)25-21-17-11-19(28-9-7-23-8-10-28)24-12-18(17)15(3)26-27-21/h4-6,11-12,14,23H,7-10H2,1-3H3,(H,25,27)/t14-/m1/s1. The second-order valence-corrected chi connectivity index (χ2v) is 7.30. The van der Waals surface area contributed by atoms with Gasteiger partial charge in [-0.25, -0.2) is 9.37 Å². The Kier molecular flexibility index (Phi) is 5.09. The predicted molar refractivity (Wildman–Crippen MR) is 110 cm³/mol. The molecule has 0 radical (unpaired) electrons. The molecule has 0 aliphatic carbocycles. The van der Waals surface area contributed by atoms with Gasteiger partial charge in [-0.15, -0.1) is 5.10 Å². The first-order valence-electron chi connectivity index (χ1n) is 9.65. The van der Waals surface area contributed by atoms with Crippen LogP contribution in [0, 0.1) is 19.7 Å². The lowest BCUT2D eigenvalue weighted by molar-refractivity contribution is 0.585. The second kappa shape index (κ2) is 7.67. The van der Waals surface area contributed by atoms with Gasteiger partial charge in [-0.05, 0) is 32.4 Å². The van der Waals surface area contributed by atoms with Crippen molar-refractivity contribution in [3.63, 3.8) is 0 Å². The van der Waals surface area contributed by atoms with Gasteiger partial charge in [0.2, 0.25) is 0 Å². The number of halogens is 1. The number of pyridine rings is 1. The van der Waals surface area contributed by atoms with Crippen LogP contribution in [0.4, 0.5) is 16.0 Å². The molecule has 1 aliphatic heterocycles. The minimum absolute atomic E-state index is 0.185. The summed E-state index contributed by atoms with van der Waals surface area (Å²) in [5.41, 5.74) is 2.08. The molecule has 0 amide bonds. The van der Waals surface area contributed by atoms with E-state index in [1.807, 2.05) is 26.1 Å². The first-order chi connectivity index (χ1) is 13.5. The third kappa shape index (κ3) is 3.49. The van der Waals surface area contributed by atoms with Crippen molar-refractivity contribution < 1.29 is 4.39 Å². The molecule has 4 rings (SSSR count). The van der Waals surface area contributed by atoms with Crippen molar-refractivity contribution in [3.8, 4) is 0 Å². The van der Waals surface area contributed by atoms with Crippen molar-refractivity contribution in [1.82, 2.24) is 20.5 Å². The summed E-state index contributed by atoms with van der Waals surface area (Å²) in [6, 6.07) is 7.27. The van der Waals surface area contributed by atoms with E-state index in [0.717, 1.165) is 48.5 Å². The third-order valence-corrected chi connectivity index (χ3v) is 5.32. The van der Waals surface area contributed by atoms with Crippen LogP contribution in [0.1, 0.15) is 29.8 Å². The molecule has 1 saturated heterocycles. The smallest absolute Gasteiger partial charge is 0.157 e. The normalized spacial score (nSPS) is 15.6. The van der Waals surface area contributed by atoms with Crippen LogP contribution in [0.15, 0.2) is 30.5 Å². The van der Waals surface area contributed by atoms with Crippen LogP contribution >= 0.6 is 0 Å². The summed E-state index contributed by atoms with van der Waals surface area (Å²) in [4.78, 5) is 6.90. The Hall–Kier alpha value is -2.80. The molecule has 3 aromatic rings. The molecular formula is C21H25FN6. The number of aromatic nitrogens is 3. The largest absolute Gasteiger partial charge is 0.361 e. The number of hydrogen-bond acceptors (Lipinski definition) is 6. The van der Waals surface area contributed by atoms with Gasteiger partial charge >= 0.3 is 0 Å². The zero-order valence-electron chi connectivity index (χ0n) is 16.5. The predicted octanol–water partition coefficient (Wildman–Crippen LogP) is 3.36. The quantitative estimate of drug-likeness (QED) is 0.724. The molecular weight excluding hydrogens is 355 g/mol. The molecule has 2 N–H and O–H groups in total. The molecule has 3 heterocycles. The number of anilines is 2. The molecule has 0 bridgehead atoms. The monoisotopic (exact) mass is 380 g/mol. The molecule has 1 aliphatic rings. The van der Waals surface area contributed by atoms with Crippen molar-refractivity contribution in [2.75, 3.05) is 36.4 Å². The number of nitrogens with one attached hydrogen (secondary N) is 2. The van der Waals surface area contributed by atoms with Crippen molar-refractivity contribution in [2.24, 2.45) is 0 Å². The molecule has 7 heteroatoms. The van der Waals surface area contributed by atoms with E-state index in [9.17, 15) is 4.39 Å². The Balaban J connectivity index is 1.71. The number of piperazine rings is 1. The fourth-order valence-electron chi connectivity index (χ4n) is 3.62. The molecule has 1 fully saturated rings. The van der Waals surface area contributed by atoms with E-state index >= 15 is 0 Å². The molecule has 2 aromatic heterocycles. The number of aryl methyl sites for hydroxylation is 2. The fraction of sp³-hybridized carbons (Fsp3) is 0.381. The first kappa shape index (κ1) is 18.6. The third-order valence-electron chi connectivity index (χ3n) is 5.32. The summed E-state index contributed by atoms with van der Waals surface area (Å²) in [6.45, 7) is 9.37. The lowest BCUT2D eigenvalue weighted by Gasteiger charge is -2.28. The second-order valence-electron chi connectivity index (χ2n) is 7.30. The van der Waals surface area contributed by atoms with E-state index in [0.29, 0.717) is 16.9 Å². The Morgan fingerprint density at radius 1 is 1.14 bits per heavy atom. The number of fused-ring (bicyclic) bond motifs is 1. The van der Waals surface area contributed by atoms with Gasteiger partial charge in [-0.1, -0.05) is 18.2 Å². The zero-order chi connectivity index (χ0) is 19.7. The SMILES string of the molecule is Cc1cccc([C@@H](C)Nc2nnc(C)c3cnc(N4CCNCC4)cc23)c1F. The topological polar surface area (TPSA) is 66.0 Å². The summed E-state index contributed by atoms with van der Waals surface area (Å²) in [7, 11) is 0. The van der Waals surface area contributed by atoms with Crippen molar-refractivity contribution >= 4 is 22.4 Å². The van der Waals surface area contributed by atoms with E-state index in [4.69, 9.17) is 0 Å². The van der Waals surface area contributed by atoms with E-state index in [2.05, 4.69) is 36.8 Å². The van der Waals surface area contributed by atoms with Gasteiger partial charge in [0.05, 0.1) is 11.7 Å². The highest BCUT2D eigenvalue weighted by Crippen LogP contribution is 2.29. The van der Waals surface area contributed by atoms with Gasteiger partial charge in [0.15, 0.2) is 5.82 Å². The van der Waals surface area contributed by atoms with E-state index in [1.165, 1.54) is 0 Å². The minimum Gasteiger partial charge on any atom is -0.361 e. The van der Waals surface area contributed by atoms with Crippen LogP contribution in [0.3, 0.4) is 0 Å². The molecule has 1 aromatic carbocycles.